The molecule has 5 nitrogen and oxygen atoms in total. The van der Waals surface area contributed by atoms with Crippen LogP contribution < -0.4 is 10.6 Å². The van der Waals surface area contributed by atoms with E-state index in [1.165, 1.54) is 31.0 Å². The first-order valence-corrected chi connectivity index (χ1v) is 9.40. The van der Waals surface area contributed by atoms with Gasteiger partial charge in [-0.2, -0.15) is 0 Å². The molecule has 0 unspecified atom stereocenters. The number of hydrogen-bond donors (Lipinski definition) is 3. The molecule has 0 radical (unpaired) electrons. The van der Waals surface area contributed by atoms with Crippen LogP contribution >= 0.6 is 11.8 Å². The van der Waals surface area contributed by atoms with Gasteiger partial charge < -0.3 is 10.4 Å². The minimum Gasteiger partial charge on any atom is -0.396 e. The molecule has 0 aliphatic heterocycles. The third kappa shape index (κ3) is 3.43. The van der Waals surface area contributed by atoms with Crippen molar-refractivity contribution >= 4 is 23.7 Å². The molecule has 0 aromatic heterocycles. The van der Waals surface area contributed by atoms with Crippen molar-refractivity contribution in [2.24, 2.45) is 17.8 Å². The smallest absolute Gasteiger partial charge is 0.321 e. The third-order valence-corrected chi connectivity index (χ3v) is 6.61. The molecule has 4 fully saturated rings. The van der Waals surface area contributed by atoms with Crippen molar-refractivity contribution in [3.8, 4) is 0 Å². The molecule has 4 saturated carbocycles. The molecule has 0 spiro atoms. The van der Waals surface area contributed by atoms with Crippen molar-refractivity contribution in [1.29, 1.82) is 0 Å². The number of aliphatic hydroxyl groups excluding tert-OH is 1. The molecule has 6 heteroatoms. The Labute approximate surface area is 136 Å². The van der Waals surface area contributed by atoms with Crippen LogP contribution in [0.1, 0.15) is 45.4 Å². The number of nitrogens with one attached hydrogen (secondary N) is 2. The van der Waals surface area contributed by atoms with E-state index >= 15 is 0 Å². The number of aliphatic hydroxyl groups is 1. The summed E-state index contributed by atoms with van der Waals surface area (Å²) in [5.74, 6) is 2.52. The molecule has 3 amide bonds. The summed E-state index contributed by atoms with van der Waals surface area (Å²) in [6.45, 7) is 1.80. The topological polar surface area (TPSA) is 78.4 Å². The van der Waals surface area contributed by atoms with Gasteiger partial charge in [-0.1, -0.05) is 0 Å². The number of rotatable bonds is 5. The van der Waals surface area contributed by atoms with Crippen molar-refractivity contribution < 1.29 is 14.7 Å². The van der Waals surface area contributed by atoms with Crippen molar-refractivity contribution in [3.05, 3.63) is 0 Å². The minimum absolute atomic E-state index is 0.0434. The lowest BCUT2D eigenvalue weighted by molar-refractivity contribution is -0.119. The zero-order chi connectivity index (χ0) is 15.7. The maximum atomic E-state index is 12.2. The molecule has 0 saturated heterocycles. The molecule has 4 bridgehead atoms. The van der Waals surface area contributed by atoms with Crippen LogP contribution in [0.4, 0.5) is 4.79 Å². The second-order valence-corrected chi connectivity index (χ2v) is 8.83. The van der Waals surface area contributed by atoms with Crippen LogP contribution in [0, 0.1) is 17.8 Å². The minimum atomic E-state index is -0.344. The number of amides is 3. The van der Waals surface area contributed by atoms with Gasteiger partial charge in [-0.25, -0.2) is 4.79 Å². The van der Waals surface area contributed by atoms with Gasteiger partial charge in [0.25, 0.3) is 0 Å². The normalized spacial score (nSPS) is 36.9. The predicted molar refractivity (Wildman–Crippen MR) is 86.6 cm³/mol. The van der Waals surface area contributed by atoms with Crippen molar-refractivity contribution in [2.45, 2.75) is 56.2 Å². The molecule has 0 aromatic carbocycles. The van der Waals surface area contributed by atoms with E-state index in [1.54, 1.807) is 6.92 Å². The Kier molecular flexibility index (Phi) is 4.69. The highest BCUT2D eigenvalue weighted by Gasteiger charge is 2.51. The Morgan fingerprint density at radius 3 is 2.23 bits per heavy atom. The van der Waals surface area contributed by atoms with Crippen molar-refractivity contribution in [3.63, 3.8) is 0 Å². The van der Waals surface area contributed by atoms with Gasteiger partial charge in [0.2, 0.25) is 5.91 Å². The SMILES string of the molecule is C[C@H](SCCO)C(=O)NC(=O)NC12CC3CC(CC(C3)C1)C2. The molecule has 1 atom stereocenters. The van der Waals surface area contributed by atoms with E-state index < -0.39 is 0 Å². The van der Waals surface area contributed by atoms with Crippen molar-refractivity contribution in [2.75, 3.05) is 12.4 Å². The maximum Gasteiger partial charge on any atom is 0.321 e. The van der Waals surface area contributed by atoms with E-state index in [4.69, 9.17) is 5.11 Å². The molecular formula is C16H26N2O3S. The highest BCUT2D eigenvalue weighted by atomic mass is 32.2. The zero-order valence-electron chi connectivity index (χ0n) is 13.1. The molecular weight excluding hydrogens is 300 g/mol. The molecule has 4 aliphatic rings. The lowest BCUT2D eigenvalue weighted by Crippen LogP contribution is -2.62. The second kappa shape index (κ2) is 6.40. The summed E-state index contributed by atoms with van der Waals surface area (Å²) in [5, 5.41) is 14.1. The number of thioether (sulfide) groups is 1. The predicted octanol–water partition coefficient (Wildman–Crippen LogP) is 1.89. The summed E-state index contributed by atoms with van der Waals surface area (Å²) in [6.07, 6.45) is 7.23. The van der Waals surface area contributed by atoms with Crippen LogP contribution in [0.25, 0.3) is 0 Å². The lowest BCUT2D eigenvalue weighted by Gasteiger charge is -2.56. The van der Waals surface area contributed by atoms with E-state index in [0.717, 1.165) is 37.0 Å². The Balaban J connectivity index is 1.52. The average molecular weight is 326 g/mol. The van der Waals surface area contributed by atoms with Gasteiger partial charge >= 0.3 is 6.03 Å². The fraction of sp³-hybridized carbons (Fsp3) is 0.875. The number of carbonyl (C=O) groups excluding carboxylic acids is 2. The van der Waals surface area contributed by atoms with Crippen LogP contribution in [-0.4, -0.2) is 40.2 Å². The first-order valence-electron chi connectivity index (χ1n) is 8.35. The molecule has 3 N–H and O–H groups in total. The maximum absolute atomic E-state index is 12.2. The van der Waals surface area contributed by atoms with Gasteiger partial charge in [-0.05, 0) is 63.2 Å². The molecule has 0 heterocycles. The summed E-state index contributed by atoms with van der Waals surface area (Å²) >= 11 is 1.35. The van der Waals surface area contributed by atoms with E-state index in [0.29, 0.717) is 5.75 Å². The number of hydrogen-bond acceptors (Lipinski definition) is 4. The largest absolute Gasteiger partial charge is 0.396 e. The van der Waals surface area contributed by atoms with E-state index in [2.05, 4.69) is 10.6 Å². The summed E-state index contributed by atoms with van der Waals surface area (Å²) in [6, 6.07) is -0.344. The zero-order valence-corrected chi connectivity index (χ0v) is 14.0. The van der Waals surface area contributed by atoms with Crippen molar-refractivity contribution in [1.82, 2.24) is 10.6 Å². The van der Waals surface area contributed by atoms with Gasteiger partial charge in [0.15, 0.2) is 0 Å². The monoisotopic (exact) mass is 326 g/mol. The molecule has 0 aromatic rings. The highest BCUT2D eigenvalue weighted by molar-refractivity contribution is 8.00. The van der Waals surface area contributed by atoms with Gasteiger partial charge in [-0.3, -0.25) is 10.1 Å². The molecule has 4 rings (SSSR count). The summed E-state index contributed by atoms with van der Waals surface area (Å²) in [4.78, 5) is 24.2. The second-order valence-electron chi connectivity index (χ2n) is 7.38. The Morgan fingerprint density at radius 2 is 1.73 bits per heavy atom. The van der Waals surface area contributed by atoms with Crippen LogP contribution in [0.3, 0.4) is 0 Å². The fourth-order valence-electron chi connectivity index (χ4n) is 5.05. The summed E-state index contributed by atoms with van der Waals surface area (Å²) in [5.41, 5.74) is -0.0689. The van der Waals surface area contributed by atoms with Gasteiger partial charge in [0, 0.05) is 11.3 Å². The first kappa shape index (κ1) is 16.1. The summed E-state index contributed by atoms with van der Waals surface area (Å²) in [7, 11) is 0. The number of imide groups is 1. The first-order chi connectivity index (χ1) is 10.5. The van der Waals surface area contributed by atoms with E-state index in [1.807, 2.05) is 0 Å². The molecule has 4 aliphatic carbocycles. The van der Waals surface area contributed by atoms with E-state index in [-0.39, 0.29) is 29.3 Å². The fourth-order valence-corrected chi connectivity index (χ4v) is 5.72. The highest BCUT2D eigenvalue weighted by Crippen LogP contribution is 2.55. The lowest BCUT2D eigenvalue weighted by atomic mass is 9.53. The van der Waals surface area contributed by atoms with Gasteiger partial charge in [0.1, 0.15) is 0 Å². The quantitative estimate of drug-likeness (QED) is 0.721. The standard InChI is InChI=1S/C16H26N2O3S/c1-10(22-3-2-19)14(20)17-15(21)18-16-7-11-4-12(8-16)6-13(5-11)9-16/h10-13,19H,2-9H2,1H3,(H2,17,18,20,21)/t10-,11?,12?,13?,16?/m0/s1. The Bertz CT molecular complexity index is 419. The Morgan fingerprint density at radius 1 is 1.18 bits per heavy atom. The molecule has 124 valence electrons. The average Bonchev–Trinajstić information content (AvgIpc) is 2.42. The van der Waals surface area contributed by atoms with E-state index in [9.17, 15) is 9.59 Å². The number of carbonyl (C=O) groups is 2. The number of urea groups is 1. The van der Waals surface area contributed by atoms with Crippen LogP contribution in [0.15, 0.2) is 0 Å². The molecule has 22 heavy (non-hydrogen) atoms. The summed E-state index contributed by atoms with van der Waals surface area (Å²) < 4.78 is 0. The Hall–Kier alpha value is -0.750. The van der Waals surface area contributed by atoms with Gasteiger partial charge in [0.05, 0.1) is 11.9 Å². The van der Waals surface area contributed by atoms with Crippen LogP contribution in [0.5, 0.6) is 0 Å². The van der Waals surface area contributed by atoms with Crippen LogP contribution in [0.2, 0.25) is 0 Å². The van der Waals surface area contributed by atoms with Crippen LogP contribution in [-0.2, 0) is 4.79 Å². The van der Waals surface area contributed by atoms with Gasteiger partial charge in [-0.15, -0.1) is 11.8 Å². The third-order valence-electron chi connectivity index (χ3n) is 5.48.